The fourth-order valence-electron chi connectivity index (χ4n) is 3.60. The van der Waals surface area contributed by atoms with Crippen LogP contribution >= 0.6 is 11.6 Å². The summed E-state index contributed by atoms with van der Waals surface area (Å²) in [5.74, 6) is 1.51. The van der Waals surface area contributed by atoms with Gasteiger partial charge in [-0.2, -0.15) is 0 Å². The van der Waals surface area contributed by atoms with E-state index >= 15 is 0 Å². The van der Waals surface area contributed by atoms with E-state index in [1.165, 1.54) is 0 Å². The van der Waals surface area contributed by atoms with Gasteiger partial charge in [0.05, 0.1) is 0 Å². The Morgan fingerprint density at radius 2 is 1.62 bits per heavy atom. The molecule has 3 aromatic rings. The molecular weight excluding hydrogens is 424 g/mol. The lowest BCUT2D eigenvalue weighted by Gasteiger charge is -2.33. The summed E-state index contributed by atoms with van der Waals surface area (Å²) in [6.07, 6.45) is 2.11. The highest BCUT2D eigenvalue weighted by molar-refractivity contribution is 6.30. The normalized spacial score (nSPS) is 14.2. The van der Waals surface area contributed by atoms with Crippen molar-refractivity contribution in [2.24, 2.45) is 0 Å². The van der Waals surface area contributed by atoms with Crippen LogP contribution < -0.4 is 15.0 Å². The molecule has 6 nitrogen and oxygen atoms in total. The molecule has 1 saturated heterocycles. The summed E-state index contributed by atoms with van der Waals surface area (Å²) >= 11 is 5.93. The zero-order chi connectivity index (χ0) is 22.3. The van der Waals surface area contributed by atoms with Gasteiger partial charge in [0.1, 0.15) is 11.6 Å². The summed E-state index contributed by atoms with van der Waals surface area (Å²) in [5, 5.41) is 3.50. The molecule has 1 N–H and O–H groups in total. The average Bonchev–Trinajstić information content (AvgIpc) is 2.81. The van der Waals surface area contributed by atoms with E-state index in [0.29, 0.717) is 23.7 Å². The number of carbonyl (C=O) groups excluding carboxylic acids is 1. The molecule has 1 amide bonds. The topological polar surface area (TPSA) is 57.7 Å². The van der Waals surface area contributed by atoms with Crippen LogP contribution in [0.15, 0.2) is 66.9 Å². The Morgan fingerprint density at radius 3 is 2.25 bits per heavy atom. The van der Waals surface area contributed by atoms with Crippen molar-refractivity contribution in [3.63, 3.8) is 0 Å². The number of ether oxygens (including phenoxy) is 1. The lowest BCUT2D eigenvalue weighted by Crippen LogP contribution is -2.44. The van der Waals surface area contributed by atoms with Gasteiger partial charge >= 0.3 is 6.09 Å². The van der Waals surface area contributed by atoms with Gasteiger partial charge in [-0.25, -0.2) is 9.78 Å². The van der Waals surface area contributed by atoms with Crippen LogP contribution in [0.1, 0.15) is 5.56 Å². The second kappa shape index (κ2) is 10.5. The zero-order valence-corrected chi connectivity index (χ0v) is 18.9. The number of aromatic nitrogens is 1. The second-order valence-corrected chi connectivity index (χ2v) is 8.35. The maximum Gasteiger partial charge on any atom is 0.412 e. The number of carbonyl (C=O) groups is 1. The smallest absolute Gasteiger partial charge is 0.410 e. The third-order valence-corrected chi connectivity index (χ3v) is 5.81. The van der Waals surface area contributed by atoms with Gasteiger partial charge in [0, 0.05) is 43.9 Å². The number of likely N-dealkylation sites (N-methyl/N-ethyl adjacent to an activating group) is 1. The first-order chi connectivity index (χ1) is 15.6. The molecule has 2 aromatic carbocycles. The second-order valence-electron chi connectivity index (χ2n) is 7.91. The van der Waals surface area contributed by atoms with Gasteiger partial charge in [-0.05, 0) is 60.5 Å². The third-order valence-electron chi connectivity index (χ3n) is 5.56. The first kappa shape index (κ1) is 22.1. The first-order valence-corrected chi connectivity index (χ1v) is 11.1. The molecule has 1 aromatic heterocycles. The molecule has 7 heteroatoms. The number of rotatable bonds is 6. The Hall–Kier alpha value is -3.09. The van der Waals surface area contributed by atoms with E-state index in [-0.39, 0.29) is 0 Å². The Morgan fingerprint density at radius 1 is 0.969 bits per heavy atom. The highest BCUT2D eigenvalue weighted by Gasteiger charge is 2.15. The minimum absolute atomic E-state index is 0.466. The fraction of sp³-hybridized carbons (Fsp3) is 0.280. The summed E-state index contributed by atoms with van der Waals surface area (Å²) in [6, 6.07) is 19.1. The predicted octanol–water partition coefficient (Wildman–Crippen LogP) is 4.48. The van der Waals surface area contributed by atoms with E-state index in [2.05, 4.69) is 39.3 Å². The molecule has 0 radical (unpaired) electrons. The molecule has 0 atom stereocenters. The van der Waals surface area contributed by atoms with Crippen LogP contribution in [0.25, 0.3) is 11.1 Å². The Bertz CT molecular complexity index is 1020. The summed E-state index contributed by atoms with van der Waals surface area (Å²) in [4.78, 5) is 21.3. The molecule has 0 saturated carbocycles. The lowest BCUT2D eigenvalue weighted by molar-refractivity contribution is 0.200. The number of pyridine rings is 1. The highest BCUT2D eigenvalue weighted by atomic mass is 35.5. The van der Waals surface area contributed by atoms with Gasteiger partial charge in [-0.15, -0.1) is 0 Å². The standard InChI is InChI=1S/C25H27ClN4O2/c1-29-14-16-30(17-15-29)24-11-2-19(18-28-24)12-13-27-25(31)32-23-9-5-21(6-10-23)20-3-7-22(26)8-4-20/h2-11,18H,12-17H2,1H3,(H,27,31). The molecular formula is C25H27ClN4O2. The summed E-state index contributed by atoms with van der Waals surface area (Å²) in [6.45, 7) is 4.59. The van der Waals surface area contributed by atoms with Gasteiger partial charge < -0.3 is 19.9 Å². The van der Waals surface area contributed by atoms with E-state index in [1.807, 2.05) is 42.6 Å². The minimum Gasteiger partial charge on any atom is -0.410 e. The predicted molar refractivity (Wildman–Crippen MR) is 129 cm³/mol. The van der Waals surface area contributed by atoms with Crippen molar-refractivity contribution in [3.05, 3.63) is 77.4 Å². The molecule has 0 spiro atoms. The lowest BCUT2D eigenvalue weighted by atomic mass is 10.1. The summed E-state index contributed by atoms with van der Waals surface area (Å²) in [5.41, 5.74) is 3.16. The Balaban J connectivity index is 1.21. The number of nitrogens with one attached hydrogen (secondary N) is 1. The van der Waals surface area contributed by atoms with Crippen LogP contribution in [0.5, 0.6) is 5.75 Å². The number of nitrogens with zero attached hydrogens (tertiary/aromatic N) is 3. The SMILES string of the molecule is CN1CCN(c2ccc(CCNC(=O)Oc3ccc(-c4ccc(Cl)cc4)cc3)cn2)CC1. The van der Waals surface area contributed by atoms with Crippen LogP contribution in [0.2, 0.25) is 5.02 Å². The van der Waals surface area contributed by atoms with Crippen LogP contribution in [-0.4, -0.2) is 55.7 Å². The van der Waals surface area contributed by atoms with Crippen LogP contribution in [-0.2, 0) is 6.42 Å². The Labute approximate surface area is 193 Å². The molecule has 1 aliphatic heterocycles. The highest BCUT2D eigenvalue weighted by Crippen LogP contribution is 2.24. The van der Waals surface area contributed by atoms with E-state index in [0.717, 1.165) is 48.7 Å². The number of anilines is 1. The quantitative estimate of drug-likeness (QED) is 0.599. The van der Waals surface area contributed by atoms with Crippen molar-refractivity contribution < 1.29 is 9.53 Å². The first-order valence-electron chi connectivity index (χ1n) is 10.8. The molecule has 0 unspecified atom stereocenters. The number of piperazine rings is 1. The van der Waals surface area contributed by atoms with E-state index in [9.17, 15) is 4.79 Å². The van der Waals surface area contributed by atoms with Crippen molar-refractivity contribution in [3.8, 4) is 16.9 Å². The molecule has 1 fully saturated rings. The van der Waals surface area contributed by atoms with E-state index in [1.54, 1.807) is 12.1 Å². The van der Waals surface area contributed by atoms with Crippen molar-refractivity contribution in [1.29, 1.82) is 0 Å². The number of hydrogen-bond donors (Lipinski definition) is 1. The zero-order valence-electron chi connectivity index (χ0n) is 18.1. The average molecular weight is 451 g/mol. The molecule has 166 valence electrons. The molecule has 4 rings (SSSR count). The Kier molecular flexibility index (Phi) is 7.24. The fourth-order valence-corrected chi connectivity index (χ4v) is 3.72. The number of benzene rings is 2. The van der Waals surface area contributed by atoms with Crippen LogP contribution in [0.3, 0.4) is 0 Å². The van der Waals surface area contributed by atoms with E-state index in [4.69, 9.17) is 16.3 Å². The van der Waals surface area contributed by atoms with Crippen molar-refractivity contribution in [1.82, 2.24) is 15.2 Å². The monoisotopic (exact) mass is 450 g/mol. The molecule has 0 aliphatic carbocycles. The van der Waals surface area contributed by atoms with Crippen LogP contribution in [0.4, 0.5) is 10.6 Å². The van der Waals surface area contributed by atoms with Gasteiger partial charge in [0.2, 0.25) is 0 Å². The maximum atomic E-state index is 12.1. The van der Waals surface area contributed by atoms with Crippen molar-refractivity contribution in [2.75, 3.05) is 44.7 Å². The van der Waals surface area contributed by atoms with E-state index < -0.39 is 6.09 Å². The number of hydrogen-bond acceptors (Lipinski definition) is 5. The van der Waals surface area contributed by atoms with Gasteiger partial charge in [0.15, 0.2) is 0 Å². The van der Waals surface area contributed by atoms with Crippen molar-refractivity contribution in [2.45, 2.75) is 6.42 Å². The molecule has 2 heterocycles. The largest absolute Gasteiger partial charge is 0.412 e. The minimum atomic E-state index is -0.466. The molecule has 32 heavy (non-hydrogen) atoms. The van der Waals surface area contributed by atoms with Gasteiger partial charge in [0.25, 0.3) is 0 Å². The van der Waals surface area contributed by atoms with Crippen molar-refractivity contribution >= 4 is 23.5 Å². The number of halogens is 1. The van der Waals surface area contributed by atoms with Gasteiger partial charge in [-0.3, -0.25) is 0 Å². The third kappa shape index (κ3) is 5.99. The van der Waals surface area contributed by atoms with Gasteiger partial charge in [-0.1, -0.05) is 41.9 Å². The maximum absolute atomic E-state index is 12.1. The molecule has 1 aliphatic rings. The summed E-state index contributed by atoms with van der Waals surface area (Å²) < 4.78 is 5.37. The molecule has 0 bridgehead atoms. The van der Waals surface area contributed by atoms with Crippen LogP contribution in [0, 0.1) is 0 Å². The number of amides is 1. The summed E-state index contributed by atoms with van der Waals surface area (Å²) in [7, 11) is 2.14.